The summed E-state index contributed by atoms with van der Waals surface area (Å²) in [6, 6.07) is 7.42. The maximum Gasteiger partial charge on any atom is 0.222 e. The fourth-order valence-corrected chi connectivity index (χ4v) is 2.34. The summed E-state index contributed by atoms with van der Waals surface area (Å²) in [4.78, 5) is 12.4. The Balaban J connectivity index is 2.11. The predicted molar refractivity (Wildman–Crippen MR) is 84.2 cm³/mol. The van der Waals surface area contributed by atoms with Crippen molar-refractivity contribution in [2.45, 2.75) is 0 Å². The summed E-state index contributed by atoms with van der Waals surface area (Å²) in [5, 5.41) is 4.71. The van der Waals surface area contributed by atoms with Crippen molar-refractivity contribution in [2.24, 2.45) is 0 Å². The van der Waals surface area contributed by atoms with Gasteiger partial charge in [-0.25, -0.2) is 4.98 Å². The molecule has 0 aliphatic rings. The van der Waals surface area contributed by atoms with E-state index in [0.29, 0.717) is 15.3 Å². The summed E-state index contributed by atoms with van der Waals surface area (Å²) in [6.07, 6.45) is 3.31. The molecule has 0 fully saturated rings. The van der Waals surface area contributed by atoms with Crippen molar-refractivity contribution in [3.63, 3.8) is 0 Å². The fraction of sp³-hybridized carbons (Fsp3) is 0. The number of halogens is 2. The maximum atomic E-state index is 6.17. The Kier molecular flexibility index (Phi) is 3.42. The van der Waals surface area contributed by atoms with Gasteiger partial charge in [0, 0.05) is 17.8 Å². The van der Waals surface area contributed by atoms with Gasteiger partial charge in [0.1, 0.15) is 5.82 Å². The van der Waals surface area contributed by atoms with E-state index in [4.69, 9.17) is 17.3 Å². The molecule has 0 amide bonds. The highest BCUT2D eigenvalue weighted by atomic mass is 79.9. The number of nitrogens with zero attached hydrogens (tertiary/aromatic N) is 3. The molecule has 0 spiro atoms. The second-order valence-electron chi connectivity index (χ2n) is 4.04. The Morgan fingerprint density at radius 3 is 2.90 bits per heavy atom. The molecule has 0 radical (unpaired) electrons. The Hall–Kier alpha value is -1.92. The van der Waals surface area contributed by atoms with Gasteiger partial charge in [0.05, 0.1) is 20.7 Å². The Morgan fingerprint density at radius 2 is 2.05 bits per heavy atom. The number of benzene rings is 1. The fourth-order valence-electron chi connectivity index (χ4n) is 1.83. The molecule has 0 saturated carbocycles. The van der Waals surface area contributed by atoms with Gasteiger partial charge in [-0.15, -0.1) is 0 Å². The third-order valence-corrected chi connectivity index (χ3v) is 3.64. The first-order valence-electron chi connectivity index (χ1n) is 5.73. The SMILES string of the molecule is Nc1ncc(Br)c(Nc2ccc(Cl)c3cccnc23)n1. The number of nitrogens with two attached hydrogens (primary N) is 1. The van der Waals surface area contributed by atoms with Crippen LogP contribution in [-0.4, -0.2) is 15.0 Å². The van der Waals surface area contributed by atoms with Crippen molar-refractivity contribution in [3.05, 3.63) is 46.2 Å². The summed E-state index contributed by atoms with van der Waals surface area (Å²) in [7, 11) is 0. The number of rotatable bonds is 2. The lowest BCUT2D eigenvalue weighted by molar-refractivity contribution is 1.17. The van der Waals surface area contributed by atoms with E-state index >= 15 is 0 Å². The zero-order valence-corrected chi connectivity index (χ0v) is 12.5. The van der Waals surface area contributed by atoms with Crippen LogP contribution in [0.1, 0.15) is 0 Å². The minimum atomic E-state index is 0.196. The van der Waals surface area contributed by atoms with Crippen molar-refractivity contribution < 1.29 is 0 Å². The number of hydrogen-bond donors (Lipinski definition) is 2. The highest BCUT2D eigenvalue weighted by Gasteiger charge is 2.09. The largest absolute Gasteiger partial charge is 0.368 e. The molecule has 3 N–H and O–H groups in total. The van der Waals surface area contributed by atoms with Gasteiger partial charge in [0.2, 0.25) is 5.95 Å². The number of fused-ring (bicyclic) bond motifs is 1. The number of hydrogen-bond acceptors (Lipinski definition) is 5. The normalized spacial score (nSPS) is 10.7. The highest BCUT2D eigenvalue weighted by molar-refractivity contribution is 9.10. The minimum Gasteiger partial charge on any atom is -0.368 e. The standard InChI is InChI=1S/C13H9BrClN5/c14-8-6-18-13(16)20-12(8)19-10-4-3-9(15)7-2-1-5-17-11(7)10/h1-6H,(H3,16,18,19,20). The molecule has 5 nitrogen and oxygen atoms in total. The lowest BCUT2D eigenvalue weighted by atomic mass is 10.2. The first-order valence-corrected chi connectivity index (χ1v) is 6.90. The van der Waals surface area contributed by atoms with Crippen molar-refractivity contribution in [3.8, 4) is 0 Å². The molecule has 2 aromatic heterocycles. The van der Waals surface area contributed by atoms with Gasteiger partial charge in [-0.05, 0) is 40.2 Å². The van der Waals surface area contributed by atoms with Crippen LogP contribution in [0.25, 0.3) is 10.9 Å². The molecular formula is C13H9BrClN5. The second-order valence-corrected chi connectivity index (χ2v) is 5.31. The van der Waals surface area contributed by atoms with Gasteiger partial charge < -0.3 is 11.1 Å². The van der Waals surface area contributed by atoms with Gasteiger partial charge in [-0.2, -0.15) is 4.98 Å². The van der Waals surface area contributed by atoms with Gasteiger partial charge in [-0.3, -0.25) is 4.98 Å². The van der Waals surface area contributed by atoms with E-state index in [1.54, 1.807) is 12.4 Å². The highest BCUT2D eigenvalue weighted by Crippen LogP contribution is 2.31. The Labute approximate surface area is 128 Å². The molecule has 100 valence electrons. The van der Waals surface area contributed by atoms with Crippen LogP contribution in [0.15, 0.2) is 41.1 Å². The lowest BCUT2D eigenvalue weighted by Crippen LogP contribution is -2.01. The first-order chi connectivity index (χ1) is 9.65. The number of nitrogens with one attached hydrogen (secondary N) is 1. The van der Waals surface area contributed by atoms with Crippen LogP contribution in [0.3, 0.4) is 0 Å². The van der Waals surface area contributed by atoms with Crippen molar-refractivity contribution >= 4 is 55.9 Å². The van der Waals surface area contributed by atoms with E-state index in [2.05, 4.69) is 36.2 Å². The summed E-state index contributed by atoms with van der Waals surface area (Å²) in [5.74, 6) is 0.772. The predicted octanol–water partition coefficient (Wildman–Crippen LogP) is 3.77. The lowest BCUT2D eigenvalue weighted by Gasteiger charge is -2.10. The monoisotopic (exact) mass is 349 g/mol. The number of pyridine rings is 1. The zero-order valence-electron chi connectivity index (χ0n) is 10.1. The topological polar surface area (TPSA) is 76.7 Å². The zero-order chi connectivity index (χ0) is 14.1. The molecule has 20 heavy (non-hydrogen) atoms. The van der Waals surface area contributed by atoms with Crippen LogP contribution in [0.5, 0.6) is 0 Å². The van der Waals surface area contributed by atoms with E-state index in [9.17, 15) is 0 Å². The Morgan fingerprint density at radius 1 is 1.20 bits per heavy atom. The van der Waals surface area contributed by atoms with Gasteiger partial charge in [-0.1, -0.05) is 11.6 Å². The molecule has 0 unspecified atom stereocenters. The van der Waals surface area contributed by atoms with Gasteiger partial charge in [0.25, 0.3) is 0 Å². The third-order valence-electron chi connectivity index (χ3n) is 2.73. The summed E-state index contributed by atoms with van der Waals surface area (Å²) in [6.45, 7) is 0. The van der Waals surface area contributed by atoms with Crippen LogP contribution in [-0.2, 0) is 0 Å². The molecule has 0 bridgehead atoms. The third kappa shape index (κ3) is 2.39. The van der Waals surface area contributed by atoms with Crippen LogP contribution < -0.4 is 11.1 Å². The average Bonchev–Trinajstić information content (AvgIpc) is 2.46. The summed E-state index contributed by atoms with van der Waals surface area (Å²) < 4.78 is 0.714. The van der Waals surface area contributed by atoms with Gasteiger partial charge in [0.15, 0.2) is 0 Å². The van der Waals surface area contributed by atoms with Crippen LogP contribution in [0.4, 0.5) is 17.5 Å². The number of nitrogen functional groups attached to an aromatic ring is 1. The van der Waals surface area contributed by atoms with E-state index in [1.807, 2.05) is 24.3 Å². The van der Waals surface area contributed by atoms with E-state index in [1.165, 1.54) is 0 Å². The Bertz CT molecular complexity index is 793. The number of aromatic nitrogens is 3. The van der Waals surface area contributed by atoms with Crippen molar-refractivity contribution in [1.82, 2.24) is 15.0 Å². The molecule has 2 heterocycles. The average molecular weight is 351 g/mol. The van der Waals surface area contributed by atoms with Crippen LogP contribution >= 0.6 is 27.5 Å². The van der Waals surface area contributed by atoms with Gasteiger partial charge >= 0.3 is 0 Å². The quantitative estimate of drug-likeness (QED) is 0.736. The minimum absolute atomic E-state index is 0.196. The smallest absolute Gasteiger partial charge is 0.222 e. The molecule has 1 aromatic carbocycles. The maximum absolute atomic E-state index is 6.17. The van der Waals surface area contributed by atoms with Crippen LogP contribution in [0.2, 0.25) is 5.02 Å². The van der Waals surface area contributed by atoms with Crippen LogP contribution in [0, 0.1) is 0 Å². The molecule has 0 atom stereocenters. The molecule has 0 aliphatic carbocycles. The number of anilines is 3. The molecule has 7 heteroatoms. The van der Waals surface area contributed by atoms with Crippen molar-refractivity contribution in [2.75, 3.05) is 11.1 Å². The van der Waals surface area contributed by atoms with E-state index in [-0.39, 0.29) is 5.95 Å². The molecule has 3 aromatic rings. The van der Waals surface area contributed by atoms with E-state index < -0.39 is 0 Å². The molecule has 3 rings (SSSR count). The molecule has 0 aliphatic heterocycles. The first kappa shape index (κ1) is 13.1. The molecular weight excluding hydrogens is 342 g/mol. The summed E-state index contributed by atoms with van der Waals surface area (Å²) >= 11 is 9.54. The second kappa shape index (κ2) is 5.22. The molecule has 0 saturated heterocycles. The summed E-state index contributed by atoms with van der Waals surface area (Å²) in [5.41, 5.74) is 7.16. The van der Waals surface area contributed by atoms with Crippen molar-refractivity contribution in [1.29, 1.82) is 0 Å². The van der Waals surface area contributed by atoms with E-state index in [0.717, 1.165) is 16.6 Å².